The van der Waals surface area contributed by atoms with Crippen LogP contribution in [0.3, 0.4) is 0 Å². The number of ether oxygens (including phenoxy) is 2. The number of pyridine rings is 1. The quantitative estimate of drug-likeness (QED) is 0.304. The molecule has 30 heavy (non-hydrogen) atoms. The van der Waals surface area contributed by atoms with Gasteiger partial charge < -0.3 is 9.47 Å². The first kappa shape index (κ1) is 20.2. The van der Waals surface area contributed by atoms with Crippen LogP contribution in [-0.2, 0) is 0 Å². The zero-order valence-corrected chi connectivity index (χ0v) is 17.7. The molecule has 0 atom stereocenters. The highest BCUT2D eigenvalue weighted by Crippen LogP contribution is 2.36. The lowest BCUT2D eigenvalue weighted by molar-refractivity contribution is 0.0652. The van der Waals surface area contributed by atoms with Crippen molar-refractivity contribution >= 4 is 34.5 Å². The normalized spacial score (nSPS) is 13.1. The molecule has 2 amide bonds. The van der Waals surface area contributed by atoms with Gasteiger partial charge in [-0.1, -0.05) is 12.1 Å². The van der Waals surface area contributed by atoms with Crippen LogP contribution in [0, 0.1) is 0 Å². The van der Waals surface area contributed by atoms with E-state index in [1.54, 1.807) is 56.4 Å². The predicted octanol–water partition coefficient (Wildman–Crippen LogP) is 4.42. The number of hydrogen-bond acceptors (Lipinski definition) is 6. The van der Waals surface area contributed by atoms with Crippen LogP contribution in [0.25, 0.3) is 10.9 Å². The Morgan fingerprint density at radius 1 is 0.933 bits per heavy atom. The van der Waals surface area contributed by atoms with Crippen LogP contribution in [0.5, 0.6) is 11.5 Å². The largest absolute Gasteiger partial charge is 0.493 e. The molecule has 6 nitrogen and oxygen atoms in total. The van der Waals surface area contributed by atoms with Gasteiger partial charge in [0.25, 0.3) is 11.8 Å². The first-order chi connectivity index (χ1) is 14.6. The van der Waals surface area contributed by atoms with Crippen molar-refractivity contribution in [3.63, 3.8) is 0 Å². The molecule has 4 rings (SSSR count). The second-order valence-electron chi connectivity index (χ2n) is 6.90. The minimum Gasteiger partial charge on any atom is -0.493 e. The second kappa shape index (κ2) is 8.75. The van der Waals surface area contributed by atoms with Crippen molar-refractivity contribution in [3.05, 3.63) is 59.8 Å². The Bertz CT molecular complexity index is 1080. The molecule has 0 saturated heterocycles. The summed E-state index contributed by atoms with van der Waals surface area (Å²) in [6, 6.07) is 12.8. The van der Waals surface area contributed by atoms with Crippen molar-refractivity contribution in [2.24, 2.45) is 0 Å². The van der Waals surface area contributed by atoms with Gasteiger partial charge in [0.05, 0.1) is 30.9 Å². The maximum absolute atomic E-state index is 12.4. The van der Waals surface area contributed by atoms with Gasteiger partial charge in [-0.25, -0.2) is 0 Å². The molecule has 7 heteroatoms. The third kappa shape index (κ3) is 3.73. The van der Waals surface area contributed by atoms with E-state index in [-0.39, 0.29) is 11.8 Å². The van der Waals surface area contributed by atoms with Crippen LogP contribution in [0.15, 0.2) is 53.6 Å². The first-order valence-corrected chi connectivity index (χ1v) is 10.7. The molecule has 2 heterocycles. The lowest BCUT2D eigenvalue weighted by Crippen LogP contribution is -2.30. The Morgan fingerprint density at radius 2 is 1.60 bits per heavy atom. The highest BCUT2D eigenvalue weighted by atomic mass is 32.2. The summed E-state index contributed by atoms with van der Waals surface area (Å²) in [6.07, 6.45) is 3.43. The number of benzene rings is 2. The fraction of sp³-hybridized carbons (Fsp3) is 0.261. The van der Waals surface area contributed by atoms with Crippen molar-refractivity contribution < 1.29 is 19.1 Å². The highest BCUT2D eigenvalue weighted by molar-refractivity contribution is 7.99. The van der Waals surface area contributed by atoms with Gasteiger partial charge in [-0.2, -0.15) is 0 Å². The van der Waals surface area contributed by atoms with E-state index < -0.39 is 0 Å². The van der Waals surface area contributed by atoms with Crippen LogP contribution in [0.2, 0.25) is 0 Å². The van der Waals surface area contributed by atoms with Crippen molar-refractivity contribution in [2.75, 3.05) is 26.5 Å². The summed E-state index contributed by atoms with van der Waals surface area (Å²) in [4.78, 5) is 31.7. The Balaban J connectivity index is 1.36. The minimum atomic E-state index is -0.190. The van der Waals surface area contributed by atoms with Gasteiger partial charge in [-0.05, 0) is 42.9 Å². The number of methoxy groups -OCH3 is 2. The monoisotopic (exact) mass is 422 g/mol. The average Bonchev–Trinajstić information content (AvgIpc) is 3.02. The lowest BCUT2D eigenvalue weighted by Gasteiger charge is -2.14. The summed E-state index contributed by atoms with van der Waals surface area (Å²) >= 11 is 1.73. The van der Waals surface area contributed by atoms with Gasteiger partial charge in [0, 0.05) is 29.1 Å². The van der Waals surface area contributed by atoms with Gasteiger partial charge >= 0.3 is 0 Å². The van der Waals surface area contributed by atoms with Crippen LogP contribution in [0.1, 0.15) is 33.6 Å². The molecule has 1 aliphatic rings. The van der Waals surface area contributed by atoms with E-state index in [1.165, 1.54) is 4.90 Å². The number of thioether (sulfide) groups is 1. The van der Waals surface area contributed by atoms with E-state index in [0.717, 1.165) is 34.4 Å². The fourth-order valence-corrected chi connectivity index (χ4v) is 4.61. The van der Waals surface area contributed by atoms with Crippen LogP contribution in [-0.4, -0.2) is 48.2 Å². The third-order valence-electron chi connectivity index (χ3n) is 5.12. The summed E-state index contributed by atoms with van der Waals surface area (Å²) in [7, 11) is 3.22. The molecule has 0 saturated carbocycles. The topological polar surface area (TPSA) is 68.7 Å². The van der Waals surface area contributed by atoms with Crippen LogP contribution in [0.4, 0.5) is 0 Å². The summed E-state index contributed by atoms with van der Waals surface area (Å²) in [5, 5.41) is 1.01. The first-order valence-electron chi connectivity index (χ1n) is 9.73. The van der Waals surface area contributed by atoms with Crippen molar-refractivity contribution in [3.8, 4) is 11.5 Å². The van der Waals surface area contributed by atoms with Gasteiger partial charge in [0.2, 0.25) is 0 Å². The van der Waals surface area contributed by atoms with E-state index in [9.17, 15) is 9.59 Å². The molecule has 0 spiro atoms. The Labute approximate surface area is 179 Å². The summed E-state index contributed by atoms with van der Waals surface area (Å²) in [5.74, 6) is 1.82. The van der Waals surface area contributed by atoms with Gasteiger partial charge in [0.15, 0.2) is 11.5 Å². The molecular formula is C23H22N2O4S. The number of fused-ring (bicyclic) bond motifs is 2. The standard InChI is InChI=1S/C23H22N2O4S/c1-28-19-13-17-18(14-20(19)29-2)24-10-9-21(17)30-12-6-5-11-25-22(26)15-7-3-4-8-16(15)23(25)27/h3-4,7-10,13-14H,5-6,11-12H2,1-2H3. The van der Waals surface area contributed by atoms with Crippen LogP contribution >= 0.6 is 11.8 Å². The number of aromatic nitrogens is 1. The maximum Gasteiger partial charge on any atom is 0.261 e. The molecule has 0 N–H and O–H groups in total. The van der Waals surface area contributed by atoms with E-state index >= 15 is 0 Å². The number of carbonyl (C=O) groups excluding carboxylic acids is 2. The molecule has 1 aromatic heterocycles. The van der Waals surface area contributed by atoms with Crippen molar-refractivity contribution in [2.45, 2.75) is 17.7 Å². The Kier molecular flexibility index (Phi) is 5.90. The number of nitrogens with zero attached hydrogens (tertiary/aromatic N) is 2. The van der Waals surface area contributed by atoms with Gasteiger partial charge in [0.1, 0.15) is 0 Å². The van der Waals surface area contributed by atoms with Gasteiger partial charge in [-0.15, -0.1) is 11.8 Å². The molecule has 0 aliphatic carbocycles. The zero-order valence-electron chi connectivity index (χ0n) is 16.9. The SMILES string of the molecule is COc1cc2nccc(SCCCCN3C(=O)c4ccccc4C3=O)c2cc1OC. The van der Waals surface area contributed by atoms with Crippen molar-refractivity contribution in [1.82, 2.24) is 9.88 Å². The number of amides is 2. The molecule has 0 fully saturated rings. The molecule has 0 bridgehead atoms. The number of hydrogen-bond donors (Lipinski definition) is 0. The molecular weight excluding hydrogens is 400 g/mol. The average molecular weight is 423 g/mol. The number of imide groups is 1. The smallest absolute Gasteiger partial charge is 0.261 e. The van der Waals surface area contributed by atoms with E-state index in [1.807, 2.05) is 18.2 Å². The Hall–Kier alpha value is -3.06. The summed E-state index contributed by atoms with van der Waals surface area (Å²) in [5.41, 5.74) is 1.86. The zero-order chi connectivity index (χ0) is 21.1. The molecule has 154 valence electrons. The summed E-state index contributed by atoms with van der Waals surface area (Å²) in [6.45, 7) is 0.440. The van der Waals surface area contributed by atoms with Gasteiger partial charge in [-0.3, -0.25) is 19.5 Å². The predicted molar refractivity (Wildman–Crippen MR) is 117 cm³/mol. The maximum atomic E-state index is 12.4. The van der Waals surface area contributed by atoms with E-state index in [2.05, 4.69) is 4.98 Å². The second-order valence-corrected chi connectivity index (χ2v) is 8.03. The summed E-state index contributed by atoms with van der Waals surface area (Å²) < 4.78 is 10.8. The van der Waals surface area contributed by atoms with E-state index in [0.29, 0.717) is 29.2 Å². The molecule has 0 unspecified atom stereocenters. The lowest BCUT2D eigenvalue weighted by atomic mass is 10.1. The minimum absolute atomic E-state index is 0.190. The number of rotatable bonds is 8. The third-order valence-corrected chi connectivity index (χ3v) is 6.28. The highest BCUT2D eigenvalue weighted by Gasteiger charge is 2.34. The van der Waals surface area contributed by atoms with Crippen molar-refractivity contribution in [1.29, 1.82) is 0 Å². The fourth-order valence-electron chi connectivity index (χ4n) is 3.57. The van der Waals surface area contributed by atoms with Crippen LogP contribution < -0.4 is 9.47 Å². The number of unbranched alkanes of at least 4 members (excludes halogenated alkanes) is 1. The molecule has 2 aromatic carbocycles. The molecule has 3 aromatic rings. The molecule has 1 aliphatic heterocycles. The molecule has 0 radical (unpaired) electrons. The Morgan fingerprint density at radius 3 is 2.27 bits per heavy atom. The van der Waals surface area contributed by atoms with E-state index in [4.69, 9.17) is 9.47 Å². The number of carbonyl (C=O) groups is 2.